The number of rotatable bonds is 4. The van der Waals surface area contributed by atoms with Gasteiger partial charge < -0.3 is 10.6 Å². The lowest BCUT2D eigenvalue weighted by Gasteiger charge is -2.16. The fourth-order valence-electron chi connectivity index (χ4n) is 3.05. The third kappa shape index (κ3) is 3.11. The smallest absolute Gasteiger partial charge is 0.324 e. The number of thiophene rings is 1. The van der Waals surface area contributed by atoms with Crippen LogP contribution in [0.15, 0.2) is 42.5 Å². The third-order valence-corrected chi connectivity index (χ3v) is 5.27. The molecule has 2 atom stereocenters. The molecular formula is C16H17N3O3S. The zero-order chi connectivity index (χ0) is 16.4. The molecule has 0 aliphatic carbocycles. The molecule has 0 spiro atoms. The van der Waals surface area contributed by atoms with Gasteiger partial charge in [-0.05, 0) is 24.1 Å². The minimum Gasteiger partial charge on any atom is -0.337 e. The first-order valence-electron chi connectivity index (χ1n) is 7.38. The minimum atomic E-state index is -0.471. The van der Waals surface area contributed by atoms with Crippen LogP contribution in [0.4, 0.5) is 5.00 Å². The van der Waals surface area contributed by atoms with Crippen molar-refractivity contribution in [1.82, 2.24) is 4.90 Å². The summed E-state index contributed by atoms with van der Waals surface area (Å²) in [5.41, 5.74) is 7.06. The van der Waals surface area contributed by atoms with Gasteiger partial charge in [-0.3, -0.25) is 14.9 Å². The van der Waals surface area contributed by atoms with Crippen molar-refractivity contribution in [1.29, 1.82) is 0 Å². The summed E-state index contributed by atoms with van der Waals surface area (Å²) in [7, 11) is 0. The van der Waals surface area contributed by atoms with Gasteiger partial charge in [0.1, 0.15) is 0 Å². The molecule has 2 N–H and O–H groups in total. The summed E-state index contributed by atoms with van der Waals surface area (Å²) in [5.74, 6) is 0.261. The summed E-state index contributed by atoms with van der Waals surface area (Å²) in [4.78, 5) is 25.0. The van der Waals surface area contributed by atoms with Crippen molar-refractivity contribution in [3.05, 3.63) is 63.0 Å². The first kappa shape index (κ1) is 15.6. The van der Waals surface area contributed by atoms with Crippen LogP contribution < -0.4 is 5.73 Å². The van der Waals surface area contributed by atoms with E-state index in [1.165, 1.54) is 17.7 Å². The van der Waals surface area contributed by atoms with Crippen LogP contribution in [-0.4, -0.2) is 35.4 Å². The predicted octanol–water partition coefficient (Wildman–Crippen LogP) is 2.47. The van der Waals surface area contributed by atoms with E-state index < -0.39 is 4.92 Å². The third-order valence-electron chi connectivity index (χ3n) is 4.24. The van der Waals surface area contributed by atoms with E-state index >= 15 is 0 Å². The molecule has 1 aromatic heterocycles. The standard InChI is InChI=1S/C16H17N3O3S/c17-8-12-9-18(10-13(12)11-4-2-1-3-5-11)16(20)14-6-7-15(23-14)19(21)22/h1-7,12-13H,8-10,17H2/t12-,13+/m1/s1. The highest BCUT2D eigenvalue weighted by molar-refractivity contribution is 7.17. The summed E-state index contributed by atoms with van der Waals surface area (Å²) in [6, 6.07) is 12.9. The van der Waals surface area contributed by atoms with Crippen molar-refractivity contribution in [3.63, 3.8) is 0 Å². The number of nitrogens with zero attached hydrogens (tertiary/aromatic N) is 2. The van der Waals surface area contributed by atoms with Crippen LogP contribution in [0.1, 0.15) is 21.2 Å². The average molecular weight is 331 g/mol. The average Bonchev–Trinajstić information content (AvgIpc) is 3.22. The second-order valence-corrected chi connectivity index (χ2v) is 6.68. The van der Waals surface area contributed by atoms with Gasteiger partial charge in [0.05, 0.1) is 9.80 Å². The Bertz CT molecular complexity index is 716. The van der Waals surface area contributed by atoms with Gasteiger partial charge in [0.25, 0.3) is 5.91 Å². The van der Waals surface area contributed by atoms with E-state index in [1.54, 1.807) is 4.90 Å². The molecule has 2 aromatic rings. The Morgan fingerprint density at radius 3 is 2.61 bits per heavy atom. The SMILES string of the molecule is NC[C@@H]1CN(C(=O)c2ccc([N+](=O)[O-])s2)C[C@H]1c1ccccc1. The Morgan fingerprint density at radius 2 is 2.00 bits per heavy atom. The number of carbonyl (C=O) groups is 1. The zero-order valence-electron chi connectivity index (χ0n) is 12.4. The minimum absolute atomic E-state index is 0.0115. The van der Waals surface area contributed by atoms with Gasteiger partial charge in [-0.1, -0.05) is 41.7 Å². The monoisotopic (exact) mass is 331 g/mol. The number of amides is 1. The van der Waals surface area contributed by atoms with Gasteiger partial charge >= 0.3 is 5.00 Å². The van der Waals surface area contributed by atoms with Gasteiger partial charge in [-0.2, -0.15) is 0 Å². The Labute approximate surface area is 137 Å². The fraction of sp³-hybridized carbons (Fsp3) is 0.312. The van der Waals surface area contributed by atoms with Crippen molar-refractivity contribution >= 4 is 22.2 Å². The summed E-state index contributed by atoms with van der Waals surface area (Å²) in [6.45, 7) is 1.69. The van der Waals surface area contributed by atoms with Crippen LogP contribution >= 0.6 is 11.3 Å². The lowest BCUT2D eigenvalue weighted by atomic mass is 9.89. The maximum atomic E-state index is 12.6. The molecule has 1 saturated heterocycles. The second-order valence-electron chi connectivity index (χ2n) is 5.62. The van der Waals surface area contributed by atoms with E-state index in [1.807, 2.05) is 18.2 Å². The highest BCUT2D eigenvalue weighted by Gasteiger charge is 2.36. The number of nitrogens with two attached hydrogens (primary N) is 1. The molecule has 0 bridgehead atoms. The number of nitro groups is 1. The molecule has 7 heteroatoms. The van der Waals surface area contributed by atoms with E-state index in [0.29, 0.717) is 24.5 Å². The Hall–Kier alpha value is -2.25. The van der Waals surface area contributed by atoms with E-state index in [9.17, 15) is 14.9 Å². The number of benzene rings is 1. The Balaban J connectivity index is 1.78. The molecule has 3 rings (SSSR count). The maximum absolute atomic E-state index is 12.6. The van der Waals surface area contributed by atoms with Crippen LogP contribution in [0.2, 0.25) is 0 Å². The first-order valence-corrected chi connectivity index (χ1v) is 8.20. The van der Waals surface area contributed by atoms with Gasteiger partial charge in [-0.15, -0.1) is 0 Å². The van der Waals surface area contributed by atoms with Crippen molar-refractivity contribution in [2.75, 3.05) is 19.6 Å². The number of hydrogen-bond acceptors (Lipinski definition) is 5. The lowest BCUT2D eigenvalue weighted by molar-refractivity contribution is -0.380. The van der Waals surface area contributed by atoms with Gasteiger partial charge in [0, 0.05) is 25.1 Å². The Morgan fingerprint density at radius 1 is 1.26 bits per heavy atom. The molecule has 0 unspecified atom stereocenters. The largest absolute Gasteiger partial charge is 0.337 e. The lowest BCUT2D eigenvalue weighted by Crippen LogP contribution is -2.29. The van der Waals surface area contributed by atoms with Crippen LogP contribution in [0.25, 0.3) is 0 Å². The molecule has 0 saturated carbocycles. The maximum Gasteiger partial charge on any atom is 0.324 e. The molecule has 1 aromatic carbocycles. The van der Waals surface area contributed by atoms with Crippen LogP contribution in [0.3, 0.4) is 0 Å². The summed E-state index contributed by atoms with van der Waals surface area (Å²) < 4.78 is 0. The predicted molar refractivity (Wildman–Crippen MR) is 88.6 cm³/mol. The normalized spacial score (nSPS) is 20.7. The zero-order valence-corrected chi connectivity index (χ0v) is 13.2. The summed E-state index contributed by atoms with van der Waals surface area (Å²) in [5, 5.41) is 10.8. The summed E-state index contributed by atoms with van der Waals surface area (Å²) >= 11 is 0.920. The highest BCUT2D eigenvalue weighted by atomic mass is 32.1. The molecule has 1 aliphatic heterocycles. The van der Waals surface area contributed by atoms with E-state index in [0.717, 1.165) is 11.3 Å². The number of likely N-dealkylation sites (tertiary alicyclic amines) is 1. The molecule has 1 fully saturated rings. The molecule has 1 aliphatic rings. The Kier molecular flexibility index (Phi) is 4.40. The van der Waals surface area contributed by atoms with Crippen molar-refractivity contribution in [3.8, 4) is 0 Å². The first-order chi connectivity index (χ1) is 11.1. The van der Waals surface area contributed by atoms with Crippen LogP contribution in [-0.2, 0) is 0 Å². The molecule has 2 heterocycles. The number of hydrogen-bond donors (Lipinski definition) is 1. The van der Waals surface area contributed by atoms with Crippen molar-refractivity contribution in [2.24, 2.45) is 11.7 Å². The molecular weight excluding hydrogens is 314 g/mol. The van der Waals surface area contributed by atoms with E-state index in [-0.39, 0.29) is 22.7 Å². The highest BCUT2D eigenvalue weighted by Crippen LogP contribution is 2.34. The second kappa shape index (κ2) is 6.47. The van der Waals surface area contributed by atoms with Crippen molar-refractivity contribution < 1.29 is 9.72 Å². The summed E-state index contributed by atoms with van der Waals surface area (Å²) in [6.07, 6.45) is 0. The number of carbonyl (C=O) groups excluding carboxylic acids is 1. The molecule has 0 radical (unpaired) electrons. The molecule has 23 heavy (non-hydrogen) atoms. The van der Waals surface area contributed by atoms with Gasteiger partial charge in [-0.25, -0.2) is 0 Å². The van der Waals surface area contributed by atoms with Gasteiger partial charge in [0.15, 0.2) is 0 Å². The van der Waals surface area contributed by atoms with Crippen molar-refractivity contribution in [2.45, 2.75) is 5.92 Å². The molecule has 6 nitrogen and oxygen atoms in total. The van der Waals surface area contributed by atoms with Gasteiger partial charge in [0.2, 0.25) is 0 Å². The molecule has 120 valence electrons. The van der Waals surface area contributed by atoms with Crippen LogP contribution in [0.5, 0.6) is 0 Å². The van der Waals surface area contributed by atoms with E-state index in [2.05, 4.69) is 12.1 Å². The van der Waals surface area contributed by atoms with E-state index in [4.69, 9.17) is 5.73 Å². The quantitative estimate of drug-likeness (QED) is 0.688. The molecule has 1 amide bonds. The fourth-order valence-corrected chi connectivity index (χ4v) is 3.84. The van der Waals surface area contributed by atoms with Crippen LogP contribution in [0, 0.1) is 16.0 Å². The topological polar surface area (TPSA) is 89.5 Å².